The monoisotopic (exact) mass is 397 g/mol. The van der Waals surface area contributed by atoms with Crippen molar-refractivity contribution in [2.24, 2.45) is 5.92 Å². The molecule has 2 aromatic rings. The summed E-state index contributed by atoms with van der Waals surface area (Å²) in [5.41, 5.74) is 2.16. The van der Waals surface area contributed by atoms with Gasteiger partial charge in [-0.3, -0.25) is 4.79 Å². The van der Waals surface area contributed by atoms with Gasteiger partial charge in [0.15, 0.2) is 0 Å². The number of aryl methyl sites for hydroxylation is 1. The van der Waals surface area contributed by atoms with E-state index in [1.165, 1.54) is 23.7 Å². The topological polar surface area (TPSA) is 46.1 Å². The van der Waals surface area contributed by atoms with Gasteiger partial charge in [-0.2, -0.15) is 0 Å². The molecule has 26 heavy (non-hydrogen) atoms. The van der Waals surface area contributed by atoms with Crippen molar-refractivity contribution in [1.29, 1.82) is 0 Å². The standard InChI is InChI=1S/C20H27N3O.2ClH/c1-2-8-23-9-7-15-13-18(5-6-19(15)23)22-20(24)12-14-10-16-3-4-17(11-14)21-16;;/h5-7,9,13-14,16-17,21H,2-4,8,10-12H2,1H3,(H,22,24);2*1H. The molecule has 0 saturated carbocycles. The SMILES string of the molecule is CCCn1ccc2cc(NC(=O)CC3CC4CCC(C3)N4)ccc21.Cl.Cl. The lowest BCUT2D eigenvalue weighted by molar-refractivity contribution is -0.117. The minimum Gasteiger partial charge on any atom is -0.347 e. The summed E-state index contributed by atoms with van der Waals surface area (Å²) in [6.07, 6.45) is 8.79. The van der Waals surface area contributed by atoms with Crippen molar-refractivity contribution in [1.82, 2.24) is 9.88 Å². The smallest absolute Gasteiger partial charge is 0.224 e. The third-order valence-corrected chi connectivity index (χ3v) is 5.56. The van der Waals surface area contributed by atoms with Gasteiger partial charge in [0.05, 0.1) is 0 Å². The predicted octanol–water partition coefficient (Wildman–Crippen LogP) is 4.75. The Bertz CT molecular complexity index is 734. The van der Waals surface area contributed by atoms with Gasteiger partial charge >= 0.3 is 0 Å². The molecule has 1 amide bonds. The molecule has 0 spiro atoms. The summed E-state index contributed by atoms with van der Waals surface area (Å²) in [6, 6.07) is 9.66. The van der Waals surface area contributed by atoms with Crippen LogP contribution in [0.1, 0.15) is 45.4 Å². The Balaban J connectivity index is 0.00000121. The van der Waals surface area contributed by atoms with Crippen molar-refractivity contribution in [2.45, 2.75) is 64.1 Å². The van der Waals surface area contributed by atoms with Crippen LogP contribution in [0.3, 0.4) is 0 Å². The third kappa shape index (κ3) is 4.54. The Morgan fingerprint density at radius 2 is 1.92 bits per heavy atom. The quantitative estimate of drug-likeness (QED) is 0.763. The van der Waals surface area contributed by atoms with E-state index in [-0.39, 0.29) is 30.7 Å². The second-order valence-corrected chi connectivity index (χ2v) is 7.51. The molecular weight excluding hydrogens is 369 g/mol. The van der Waals surface area contributed by atoms with Gasteiger partial charge in [-0.15, -0.1) is 24.8 Å². The molecule has 4 nitrogen and oxygen atoms in total. The van der Waals surface area contributed by atoms with Gasteiger partial charge in [0.25, 0.3) is 0 Å². The van der Waals surface area contributed by atoms with Gasteiger partial charge in [-0.1, -0.05) is 6.92 Å². The van der Waals surface area contributed by atoms with Gasteiger partial charge in [0.2, 0.25) is 5.91 Å². The van der Waals surface area contributed by atoms with Crippen molar-refractivity contribution < 1.29 is 4.79 Å². The molecule has 1 aromatic carbocycles. The zero-order chi connectivity index (χ0) is 16.5. The van der Waals surface area contributed by atoms with Crippen LogP contribution >= 0.6 is 24.8 Å². The van der Waals surface area contributed by atoms with Crippen LogP contribution in [0.25, 0.3) is 10.9 Å². The van der Waals surface area contributed by atoms with E-state index < -0.39 is 0 Å². The van der Waals surface area contributed by atoms with Gasteiger partial charge in [-0.05, 0) is 62.3 Å². The van der Waals surface area contributed by atoms with Crippen LogP contribution in [0.15, 0.2) is 30.5 Å². The van der Waals surface area contributed by atoms with E-state index in [0.717, 1.165) is 31.5 Å². The number of aromatic nitrogens is 1. The molecule has 2 saturated heterocycles. The first-order chi connectivity index (χ1) is 11.7. The van der Waals surface area contributed by atoms with E-state index in [0.29, 0.717) is 24.4 Å². The fourth-order valence-corrected chi connectivity index (χ4v) is 4.53. The zero-order valence-electron chi connectivity index (χ0n) is 15.2. The summed E-state index contributed by atoms with van der Waals surface area (Å²) in [4.78, 5) is 12.4. The highest BCUT2D eigenvalue weighted by Crippen LogP contribution is 2.33. The van der Waals surface area contributed by atoms with E-state index in [9.17, 15) is 4.79 Å². The highest BCUT2D eigenvalue weighted by atomic mass is 35.5. The maximum Gasteiger partial charge on any atom is 0.224 e. The van der Waals surface area contributed by atoms with Crippen molar-refractivity contribution in [2.75, 3.05) is 5.32 Å². The van der Waals surface area contributed by atoms with Crippen LogP contribution in [0.4, 0.5) is 5.69 Å². The van der Waals surface area contributed by atoms with Gasteiger partial charge < -0.3 is 15.2 Å². The van der Waals surface area contributed by atoms with E-state index in [2.05, 4.69) is 46.5 Å². The largest absolute Gasteiger partial charge is 0.347 e. The van der Waals surface area contributed by atoms with Crippen molar-refractivity contribution in [3.8, 4) is 0 Å². The number of halogens is 2. The number of rotatable bonds is 5. The molecule has 0 radical (unpaired) electrons. The number of nitrogens with one attached hydrogen (secondary N) is 2. The molecular formula is C20H29Cl2N3O. The van der Waals surface area contributed by atoms with E-state index in [4.69, 9.17) is 0 Å². The summed E-state index contributed by atoms with van der Waals surface area (Å²) >= 11 is 0. The molecule has 2 fully saturated rings. The molecule has 2 atom stereocenters. The van der Waals surface area contributed by atoms with Gasteiger partial charge in [0, 0.05) is 47.8 Å². The molecule has 4 rings (SSSR count). The first kappa shape index (κ1) is 21.1. The van der Waals surface area contributed by atoms with Crippen LogP contribution in [0.5, 0.6) is 0 Å². The number of fused-ring (bicyclic) bond motifs is 3. The van der Waals surface area contributed by atoms with Crippen LogP contribution < -0.4 is 10.6 Å². The summed E-state index contributed by atoms with van der Waals surface area (Å²) in [5, 5.41) is 7.94. The zero-order valence-corrected chi connectivity index (χ0v) is 16.9. The summed E-state index contributed by atoms with van der Waals surface area (Å²) in [5.74, 6) is 0.701. The number of benzene rings is 1. The van der Waals surface area contributed by atoms with Crippen LogP contribution in [0.2, 0.25) is 0 Å². The Hall–Kier alpha value is -1.23. The Morgan fingerprint density at radius 3 is 2.62 bits per heavy atom. The molecule has 1 aromatic heterocycles. The first-order valence-corrected chi connectivity index (χ1v) is 9.36. The van der Waals surface area contributed by atoms with Crippen LogP contribution in [-0.2, 0) is 11.3 Å². The van der Waals surface area contributed by atoms with Crippen molar-refractivity contribution in [3.63, 3.8) is 0 Å². The molecule has 2 N–H and O–H groups in total. The van der Waals surface area contributed by atoms with E-state index in [1.807, 2.05) is 6.07 Å². The molecule has 3 heterocycles. The Kier molecular flexibility index (Phi) is 7.39. The average Bonchev–Trinajstić information content (AvgIpc) is 3.11. The number of hydrogen-bond acceptors (Lipinski definition) is 2. The van der Waals surface area contributed by atoms with Crippen molar-refractivity contribution in [3.05, 3.63) is 30.5 Å². The number of amides is 1. The fraction of sp³-hybridized carbons (Fsp3) is 0.550. The Morgan fingerprint density at radius 1 is 1.19 bits per heavy atom. The number of anilines is 1. The molecule has 2 bridgehead atoms. The molecule has 144 valence electrons. The fourth-order valence-electron chi connectivity index (χ4n) is 4.53. The number of nitrogens with zero attached hydrogens (tertiary/aromatic N) is 1. The van der Waals surface area contributed by atoms with Crippen molar-refractivity contribution >= 4 is 47.3 Å². The number of carbonyl (C=O) groups excluding carboxylic acids is 1. The molecule has 6 heteroatoms. The maximum absolute atomic E-state index is 12.4. The number of carbonyl (C=O) groups is 1. The minimum absolute atomic E-state index is 0. The van der Waals surface area contributed by atoms with E-state index in [1.54, 1.807) is 0 Å². The lowest BCUT2D eigenvalue weighted by Crippen LogP contribution is -2.39. The lowest BCUT2D eigenvalue weighted by Gasteiger charge is -2.28. The summed E-state index contributed by atoms with van der Waals surface area (Å²) in [7, 11) is 0. The highest BCUT2D eigenvalue weighted by Gasteiger charge is 2.34. The van der Waals surface area contributed by atoms with Crippen LogP contribution in [0, 0.1) is 5.92 Å². The molecule has 2 unspecified atom stereocenters. The maximum atomic E-state index is 12.4. The summed E-state index contributed by atoms with van der Waals surface area (Å²) in [6.45, 7) is 3.22. The minimum atomic E-state index is 0. The average molecular weight is 398 g/mol. The number of hydrogen-bond donors (Lipinski definition) is 2. The normalized spacial score (nSPS) is 24.0. The predicted molar refractivity (Wildman–Crippen MR) is 113 cm³/mol. The van der Waals surface area contributed by atoms with Crippen LogP contribution in [-0.4, -0.2) is 22.6 Å². The summed E-state index contributed by atoms with van der Waals surface area (Å²) < 4.78 is 2.27. The Labute approximate surface area is 167 Å². The van der Waals surface area contributed by atoms with Gasteiger partial charge in [-0.25, -0.2) is 0 Å². The highest BCUT2D eigenvalue weighted by molar-refractivity contribution is 5.94. The lowest BCUT2D eigenvalue weighted by atomic mass is 9.89. The van der Waals surface area contributed by atoms with E-state index >= 15 is 0 Å². The first-order valence-electron chi connectivity index (χ1n) is 9.36. The van der Waals surface area contributed by atoms with Gasteiger partial charge in [0.1, 0.15) is 0 Å². The molecule has 2 aliphatic rings. The third-order valence-electron chi connectivity index (χ3n) is 5.56. The second kappa shape index (κ2) is 9.12. The second-order valence-electron chi connectivity index (χ2n) is 7.51. The molecule has 0 aliphatic carbocycles. The molecule has 2 aliphatic heterocycles. The number of piperidine rings is 1.